The summed E-state index contributed by atoms with van der Waals surface area (Å²) in [6, 6.07) is 0. The molecule has 0 aromatic carbocycles. The van der Waals surface area contributed by atoms with E-state index in [4.69, 9.17) is 0 Å². The molecule has 106 valence electrons. The van der Waals surface area contributed by atoms with Crippen molar-refractivity contribution in [3.05, 3.63) is 15.8 Å². The van der Waals surface area contributed by atoms with Crippen LogP contribution in [0.2, 0.25) is 0 Å². The van der Waals surface area contributed by atoms with E-state index in [1.54, 1.807) is 18.9 Å². The summed E-state index contributed by atoms with van der Waals surface area (Å²) in [6.07, 6.45) is 0.172. The Labute approximate surface area is 111 Å². The van der Waals surface area contributed by atoms with Crippen LogP contribution in [0.3, 0.4) is 0 Å². The van der Waals surface area contributed by atoms with Gasteiger partial charge in [0.25, 0.3) is 0 Å². The summed E-state index contributed by atoms with van der Waals surface area (Å²) in [4.78, 5) is 23.6. The maximum atomic E-state index is 11.2. The number of nitro groups is 1. The van der Waals surface area contributed by atoms with Crippen LogP contribution in [0.1, 0.15) is 19.0 Å². The average molecular weight is 270 g/mol. The van der Waals surface area contributed by atoms with Gasteiger partial charge in [-0.15, -0.1) is 0 Å². The lowest BCUT2D eigenvalue weighted by Crippen LogP contribution is -2.28. The van der Waals surface area contributed by atoms with Crippen LogP contribution in [0.5, 0.6) is 0 Å². The van der Waals surface area contributed by atoms with Gasteiger partial charge in [-0.2, -0.15) is 5.10 Å². The second-order valence-corrected chi connectivity index (χ2v) is 4.04. The van der Waals surface area contributed by atoms with Crippen molar-refractivity contribution in [2.75, 3.05) is 25.1 Å². The summed E-state index contributed by atoms with van der Waals surface area (Å²) >= 11 is 0. The van der Waals surface area contributed by atoms with Gasteiger partial charge in [0.1, 0.15) is 5.69 Å². The quantitative estimate of drug-likeness (QED) is 0.435. The minimum Gasteiger partial charge on any atom is -0.469 e. The predicted molar refractivity (Wildman–Crippen MR) is 69.1 cm³/mol. The molecule has 0 atom stereocenters. The zero-order valence-electron chi connectivity index (χ0n) is 11.5. The van der Waals surface area contributed by atoms with Gasteiger partial charge in [0.2, 0.25) is 5.82 Å². The van der Waals surface area contributed by atoms with E-state index in [0.717, 1.165) is 0 Å². The minimum absolute atomic E-state index is 0.0192. The van der Waals surface area contributed by atoms with Crippen LogP contribution in [-0.2, 0) is 16.6 Å². The molecule has 8 nitrogen and oxygen atoms in total. The van der Waals surface area contributed by atoms with Crippen molar-refractivity contribution in [1.29, 1.82) is 0 Å². The Morgan fingerprint density at radius 2 is 2.21 bits per heavy atom. The third kappa shape index (κ3) is 3.21. The van der Waals surface area contributed by atoms with Crippen LogP contribution in [-0.4, -0.2) is 40.9 Å². The number of hydrogen-bond acceptors (Lipinski definition) is 6. The fourth-order valence-corrected chi connectivity index (χ4v) is 1.95. The minimum atomic E-state index is -0.446. The van der Waals surface area contributed by atoms with Gasteiger partial charge in [0.05, 0.1) is 18.5 Å². The molecule has 0 N–H and O–H groups in total. The molecule has 8 heteroatoms. The number of ether oxygens (including phenoxy) is 1. The Bertz CT molecular complexity index is 483. The molecule has 0 unspecified atom stereocenters. The molecule has 0 aliphatic heterocycles. The highest BCUT2D eigenvalue weighted by molar-refractivity contribution is 5.70. The number of aromatic nitrogens is 2. The van der Waals surface area contributed by atoms with E-state index < -0.39 is 4.92 Å². The molecule has 0 fully saturated rings. The molecule has 1 heterocycles. The molecular weight excluding hydrogens is 252 g/mol. The van der Waals surface area contributed by atoms with Crippen LogP contribution >= 0.6 is 0 Å². The molecule has 0 bridgehead atoms. The smallest absolute Gasteiger partial charge is 0.333 e. The molecule has 0 amide bonds. The molecule has 0 radical (unpaired) electrons. The van der Waals surface area contributed by atoms with Crippen LogP contribution in [0.25, 0.3) is 0 Å². The first-order valence-corrected chi connectivity index (χ1v) is 5.92. The summed E-state index contributed by atoms with van der Waals surface area (Å²) in [5.41, 5.74) is 0.341. The van der Waals surface area contributed by atoms with Gasteiger partial charge in [-0.25, -0.2) is 4.68 Å². The van der Waals surface area contributed by atoms with Crippen molar-refractivity contribution in [2.45, 2.75) is 20.3 Å². The Balaban J connectivity index is 3.04. The molecule has 0 aliphatic carbocycles. The summed E-state index contributed by atoms with van der Waals surface area (Å²) in [7, 11) is 2.96. The molecule has 0 saturated carbocycles. The summed E-state index contributed by atoms with van der Waals surface area (Å²) in [5, 5.41) is 15.2. The number of nitrogens with zero attached hydrogens (tertiary/aromatic N) is 4. The summed E-state index contributed by atoms with van der Waals surface area (Å²) in [6.45, 7) is 4.35. The van der Waals surface area contributed by atoms with E-state index in [1.165, 1.54) is 11.8 Å². The van der Waals surface area contributed by atoms with Gasteiger partial charge in [0, 0.05) is 20.1 Å². The number of esters is 1. The number of anilines is 1. The van der Waals surface area contributed by atoms with Crippen LogP contribution in [0.4, 0.5) is 11.5 Å². The number of carbonyl (C=O) groups is 1. The first-order chi connectivity index (χ1) is 8.92. The van der Waals surface area contributed by atoms with E-state index in [0.29, 0.717) is 24.6 Å². The van der Waals surface area contributed by atoms with Crippen molar-refractivity contribution in [1.82, 2.24) is 9.78 Å². The first-order valence-electron chi connectivity index (χ1n) is 5.92. The molecule has 1 aromatic rings. The molecule has 0 aliphatic rings. The lowest BCUT2D eigenvalue weighted by Gasteiger charge is -2.21. The number of rotatable bonds is 6. The van der Waals surface area contributed by atoms with Crippen LogP contribution < -0.4 is 4.90 Å². The number of carbonyl (C=O) groups excluding carboxylic acids is 1. The molecule has 1 rings (SSSR count). The van der Waals surface area contributed by atoms with Gasteiger partial charge in [0.15, 0.2) is 0 Å². The summed E-state index contributed by atoms with van der Waals surface area (Å²) in [5.74, 6) is 0.0638. The maximum absolute atomic E-state index is 11.2. The number of methoxy groups -OCH3 is 1. The van der Waals surface area contributed by atoms with E-state index in [2.05, 4.69) is 9.84 Å². The average Bonchev–Trinajstić information content (AvgIpc) is 2.65. The van der Waals surface area contributed by atoms with Crippen molar-refractivity contribution in [3.63, 3.8) is 0 Å². The third-order valence-electron chi connectivity index (χ3n) is 2.84. The normalized spacial score (nSPS) is 10.3. The van der Waals surface area contributed by atoms with Gasteiger partial charge in [-0.05, 0) is 13.8 Å². The SMILES string of the molecule is CCN(CCC(=O)OC)c1c([N+](=O)[O-])c(C)nn1C. The van der Waals surface area contributed by atoms with Crippen molar-refractivity contribution < 1.29 is 14.5 Å². The highest BCUT2D eigenvalue weighted by Gasteiger charge is 2.27. The van der Waals surface area contributed by atoms with Crippen LogP contribution in [0, 0.1) is 17.0 Å². The Kier molecular flexibility index (Phi) is 4.85. The zero-order chi connectivity index (χ0) is 14.6. The topological polar surface area (TPSA) is 90.5 Å². The summed E-state index contributed by atoms with van der Waals surface area (Å²) < 4.78 is 6.04. The Hall–Kier alpha value is -2.12. The largest absolute Gasteiger partial charge is 0.469 e. The van der Waals surface area contributed by atoms with E-state index in [-0.39, 0.29) is 18.1 Å². The van der Waals surface area contributed by atoms with Gasteiger partial charge >= 0.3 is 11.7 Å². The molecular formula is C11H18N4O4. The van der Waals surface area contributed by atoms with Gasteiger partial charge in [-0.3, -0.25) is 14.9 Å². The fourth-order valence-electron chi connectivity index (χ4n) is 1.95. The van der Waals surface area contributed by atoms with E-state index >= 15 is 0 Å². The molecule has 19 heavy (non-hydrogen) atoms. The third-order valence-corrected chi connectivity index (χ3v) is 2.84. The first kappa shape index (κ1) is 14.9. The standard InChI is InChI=1S/C11H18N4O4/c1-5-14(7-6-9(16)19-4)11-10(15(17)18)8(2)12-13(11)3/h5-7H2,1-4H3. The van der Waals surface area contributed by atoms with Crippen molar-refractivity contribution >= 4 is 17.5 Å². The monoisotopic (exact) mass is 270 g/mol. The molecule has 0 spiro atoms. The lowest BCUT2D eigenvalue weighted by molar-refractivity contribution is -0.384. The Morgan fingerprint density at radius 1 is 1.58 bits per heavy atom. The lowest BCUT2D eigenvalue weighted by atomic mass is 10.3. The zero-order valence-corrected chi connectivity index (χ0v) is 11.5. The van der Waals surface area contributed by atoms with Crippen LogP contribution in [0.15, 0.2) is 0 Å². The van der Waals surface area contributed by atoms with E-state index in [1.807, 2.05) is 6.92 Å². The second-order valence-electron chi connectivity index (χ2n) is 4.04. The maximum Gasteiger partial charge on any atom is 0.333 e. The fraction of sp³-hybridized carbons (Fsp3) is 0.636. The van der Waals surface area contributed by atoms with E-state index in [9.17, 15) is 14.9 Å². The predicted octanol–water partition coefficient (Wildman–Crippen LogP) is 1.03. The number of aryl methyl sites for hydroxylation is 2. The number of hydrogen-bond donors (Lipinski definition) is 0. The van der Waals surface area contributed by atoms with Gasteiger partial charge < -0.3 is 9.64 Å². The molecule has 0 saturated heterocycles. The van der Waals surface area contributed by atoms with Crippen molar-refractivity contribution in [3.8, 4) is 0 Å². The highest BCUT2D eigenvalue weighted by atomic mass is 16.6. The van der Waals surface area contributed by atoms with Gasteiger partial charge in [-0.1, -0.05) is 0 Å². The second kappa shape index (κ2) is 6.17. The van der Waals surface area contributed by atoms with Crippen molar-refractivity contribution in [2.24, 2.45) is 7.05 Å². The highest BCUT2D eigenvalue weighted by Crippen LogP contribution is 2.30. The Morgan fingerprint density at radius 3 is 2.68 bits per heavy atom. The molecule has 1 aromatic heterocycles.